The fraction of sp³-hybridized carbons (Fsp3) is 0.600. The lowest BCUT2D eigenvalue weighted by atomic mass is 9.95. The molecule has 2 rings (SSSR count). The maximum Gasteiger partial charge on any atom is 0.303 e. The maximum absolute atomic E-state index is 12.2. The molecule has 1 aliphatic heterocycles. The minimum atomic E-state index is -0.747. The van der Waals surface area contributed by atoms with E-state index >= 15 is 0 Å². The lowest BCUT2D eigenvalue weighted by molar-refractivity contribution is -0.137. The van der Waals surface area contributed by atoms with Gasteiger partial charge >= 0.3 is 5.97 Å². The molecule has 0 unspecified atom stereocenters. The molecule has 0 spiro atoms. The zero-order valence-corrected chi connectivity index (χ0v) is 18.2. The van der Waals surface area contributed by atoms with E-state index in [0.29, 0.717) is 19.4 Å². The number of aliphatic hydroxyl groups is 1. The summed E-state index contributed by atoms with van der Waals surface area (Å²) in [6.45, 7) is 2.79. The van der Waals surface area contributed by atoms with Crippen molar-refractivity contribution in [1.29, 1.82) is 0 Å². The average Bonchev–Trinajstić information content (AvgIpc) is 3.08. The number of carboxylic acid groups (broad SMARTS) is 1. The van der Waals surface area contributed by atoms with Gasteiger partial charge in [-0.05, 0) is 50.0 Å². The summed E-state index contributed by atoms with van der Waals surface area (Å²) in [5, 5.41) is 19.2. The second-order valence-electron chi connectivity index (χ2n) is 8.48. The molecule has 1 amide bonds. The van der Waals surface area contributed by atoms with Crippen LogP contribution in [0.5, 0.6) is 0 Å². The zero-order chi connectivity index (χ0) is 21.8. The SMILES string of the molecule is C[C@@H](CCCc1ccccc1)[C@H](O)C=C[C@H]1CCC(=O)N1CCCCCCC(=O)O. The number of hydrogen-bond donors (Lipinski definition) is 2. The zero-order valence-electron chi connectivity index (χ0n) is 18.2. The Hall–Kier alpha value is -2.14. The summed E-state index contributed by atoms with van der Waals surface area (Å²) in [5.41, 5.74) is 1.33. The van der Waals surface area contributed by atoms with E-state index < -0.39 is 12.1 Å². The van der Waals surface area contributed by atoms with E-state index in [1.165, 1.54) is 5.56 Å². The molecule has 5 nitrogen and oxygen atoms in total. The number of nitrogens with zero attached hydrogens (tertiary/aromatic N) is 1. The average molecular weight is 416 g/mol. The van der Waals surface area contributed by atoms with E-state index in [2.05, 4.69) is 31.2 Å². The fourth-order valence-corrected chi connectivity index (χ4v) is 4.03. The molecule has 30 heavy (non-hydrogen) atoms. The van der Waals surface area contributed by atoms with Gasteiger partial charge in [-0.2, -0.15) is 0 Å². The molecule has 0 saturated carbocycles. The van der Waals surface area contributed by atoms with Crippen molar-refractivity contribution < 1.29 is 19.8 Å². The van der Waals surface area contributed by atoms with Gasteiger partial charge in [-0.15, -0.1) is 0 Å². The molecule has 2 N–H and O–H groups in total. The minimum absolute atomic E-state index is 0.0719. The summed E-state index contributed by atoms with van der Waals surface area (Å²) >= 11 is 0. The van der Waals surface area contributed by atoms with Gasteiger partial charge in [0.05, 0.1) is 12.1 Å². The van der Waals surface area contributed by atoms with E-state index in [9.17, 15) is 14.7 Å². The van der Waals surface area contributed by atoms with Crippen molar-refractivity contribution in [2.45, 2.75) is 83.3 Å². The van der Waals surface area contributed by atoms with Crippen LogP contribution in [-0.2, 0) is 16.0 Å². The first-order chi connectivity index (χ1) is 14.5. The predicted octanol–water partition coefficient (Wildman–Crippen LogP) is 4.59. The number of carboxylic acids is 1. The summed E-state index contributed by atoms with van der Waals surface area (Å²) < 4.78 is 0. The van der Waals surface area contributed by atoms with Crippen molar-refractivity contribution in [3.8, 4) is 0 Å². The highest BCUT2D eigenvalue weighted by Crippen LogP contribution is 2.22. The maximum atomic E-state index is 12.2. The standard InChI is InChI=1S/C25H37NO4/c1-20(10-9-13-21-11-5-4-6-12-21)23(27)17-15-22-16-18-24(28)26(22)19-8-3-2-7-14-25(29)30/h4-6,11-12,15,17,20,22-23,27H,2-3,7-10,13-14,16,18-19H2,1H3,(H,29,30)/t20-,22-,23+/m0/s1. The molecule has 0 aromatic heterocycles. The van der Waals surface area contributed by atoms with Crippen LogP contribution < -0.4 is 0 Å². The van der Waals surface area contributed by atoms with Gasteiger partial charge in [0.2, 0.25) is 5.91 Å². The van der Waals surface area contributed by atoms with Crippen LogP contribution in [0.15, 0.2) is 42.5 Å². The van der Waals surface area contributed by atoms with Gasteiger partial charge in [-0.3, -0.25) is 9.59 Å². The van der Waals surface area contributed by atoms with Crippen molar-refractivity contribution in [2.24, 2.45) is 5.92 Å². The Balaban J connectivity index is 1.70. The Kier molecular flexibility index (Phi) is 10.6. The van der Waals surface area contributed by atoms with E-state index in [1.54, 1.807) is 0 Å². The molecule has 0 bridgehead atoms. The second kappa shape index (κ2) is 13.2. The van der Waals surface area contributed by atoms with Crippen molar-refractivity contribution in [2.75, 3.05) is 6.54 Å². The summed E-state index contributed by atoms with van der Waals surface area (Å²) in [5.74, 6) is -0.381. The number of aryl methyl sites for hydroxylation is 1. The number of carbonyl (C=O) groups is 2. The Morgan fingerprint density at radius 3 is 2.63 bits per heavy atom. The third-order valence-corrected chi connectivity index (χ3v) is 6.00. The number of amides is 1. The molecule has 1 saturated heterocycles. The first-order valence-electron chi connectivity index (χ1n) is 11.4. The van der Waals surface area contributed by atoms with Crippen LogP contribution in [0.1, 0.15) is 70.3 Å². The molecule has 166 valence electrons. The van der Waals surface area contributed by atoms with E-state index in [1.807, 2.05) is 23.1 Å². The third-order valence-electron chi connectivity index (χ3n) is 6.00. The quantitative estimate of drug-likeness (QED) is 0.344. The van der Waals surface area contributed by atoms with Crippen LogP contribution in [0.4, 0.5) is 0 Å². The first kappa shape index (κ1) is 24.1. The molecule has 3 atom stereocenters. The van der Waals surface area contributed by atoms with E-state index in [4.69, 9.17) is 5.11 Å². The van der Waals surface area contributed by atoms with Crippen molar-refractivity contribution in [3.05, 3.63) is 48.0 Å². The van der Waals surface area contributed by atoms with Crippen molar-refractivity contribution in [1.82, 2.24) is 4.90 Å². The lowest BCUT2D eigenvalue weighted by Gasteiger charge is -2.23. The molecule has 0 aliphatic carbocycles. The van der Waals surface area contributed by atoms with Gasteiger partial charge in [-0.1, -0.05) is 62.2 Å². The molecule has 1 aromatic carbocycles. The van der Waals surface area contributed by atoms with Gasteiger partial charge in [-0.25, -0.2) is 0 Å². The monoisotopic (exact) mass is 415 g/mol. The predicted molar refractivity (Wildman–Crippen MR) is 119 cm³/mol. The van der Waals surface area contributed by atoms with Gasteiger partial charge in [0, 0.05) is 19.4 Å². The number of likely N-dealkylation sites (tertiary alicyclic amines) is 1. The molecular weight excluding hydrogens is 378 g/mol. The lowest BCUT2D eigenvalue weighted by Crippen LogP contribution is -2.33. The number of benzene rings is 1. The van der Waals surface area contributed by atoms with Crippen molar-refractivity contribution >= 4 is 11.9 Å². The number of hydrogen-bond acceptors (Lipinski definition) is 3. The van der Waals surface area contributed by atoms with Gasteiger partial charge < -0.3 is 15.1 Å². The van der Waals surface area contributed by atoms with Crippen LogP contribution in [-0.4, -0.2) is 45.7 Å². The largest absolute Gasteiger partial charge is 0.481 e. The molecule has 5 heteroatoms. The highest BCUT2D eigenvalue weighted by molar-refractivity contribution is 5.79. The topological polar surface area (TPSA) is 77.8 Å². The first-order valence-corrected chi connectivity index (χ1v) is 11.4. The highest BCUT2D eigenvalue weighted by Gasteiger charge is 2.28. The number of rotatable bonds is 14. The Labute approximate surface area is 180 Å². The van der Waals surface area contributed by atoms with Crippen LogP contribution in [0.2, 0.25) is 0 Å². The van der Waals surface area contributed by atoms with Gasteiger partial charge in [0.1, 0.15) is 0 Å². The molecule has 1 heterocycles. The highest BCUT2D eigenvalue weighted by atomic mass is 16.4. The van der Waals surface area contributed by atoms with Crippen LogP contribution in [0, 0.1) is 5.92 Å². The van der Waals surface area contributed by atoms with Crippen LogP contribution >= 0.6 is 0 Å². The third kappa shape index (κ3) is 8.70. The Bertz CT molecular complexity index is 673. The van der Waals surface area contributed by atoms with Crippen molar-refractivity contribution in [3.63, 3.8) is 0 Å². The molecular formula is C25H37NO4. The van der Waals surface area contributed by atoms with Crippen LogP contribution in [0.25, 0.3) is 0 Å². The number of unbranched alkanes of at least 4 members (excludes halogenated alkanes) is 3. The number of aliphatic carboxylic acids is 1. The summed E-state index contributed by atoms with van der Waals surface area (Å²) in [7, 11) is 0. The number of carbonyl (C=O) groups excluding carboxylic acids is 1. The summed E-state index contributed by atoms with van der Waals surface area (Å²) in [6, 6.07) is 10.5. The van der Waals surface area contributed by atoms with E-state index in [0.717, 1.165) is 44.9 Å². The van der Waals surface area contributed by atoms with Gasteiger partial charge in [0.25, 0.3) is 0 Å². The number of aliphatic hydroxyl groups excluding tert-OH is 1. The Morgan fingerprint density at radius 1 is 1.17 bits per heavy atom. The second-order valence-corrected chi connectivity index (χ2v) is 8.48. The van der Waals surface area contributed by atoms with Crippen LogP contribution in [0.3, 0.4) is 0 Å². The molecule has 1 aromatic rings. The van der Waals surface area contributed by atoms with E-state index in [-0.39, 0.29) is 24.3 Å². The molecule has 1 fully saturated rings. The summed E-state index contributed by atoms with van der Waals surface area (Å²) in [4.78, 5) is 24.7. The smallest absolute Gasteiger partial charge is 0.303 e. The summed E-state index contributed by atoms with van der Waals surface area (Å²) in [6.07, 6.45) is 11.4. The van der Waals surface area contributed by atoms with Gasteiger partial charge in [0.15, 0.2) is 0 Å². The molecule has 0 radical (unpaired) electrons. The normalized spacial score (nSPS) is 18.8. The minimum Gasteiger partial charge on any atom is -0.481 e. The molecule has 1 aliphatic rings. The fourth-order valence-electron chi connectivity index (χ4n) is 4.03. The Morgan fingerprint density at radius 2 is 1.90 bits per heavy atom.